The number of rotatable bonds is 6. The molecule has 6 unspecified atom stereocenters. The molecule has 55 heavy (non-hydrogen) atoms. The number of anilines is 2. The fourth-order valence-corrected chi connectivity index (χ4v) is 9.51. The number of nitrogens with zero attached hydrogens (tertiary/aromatic N) is 3. The van der Waals surface area contributed by atoms with Crippen molar-refractivity contribution >= 4 is 74.3 Å². The van der Waals surface area contributed by atoms with Crippen molar-refractivity contribution in [2.45, 2.75) is 30.4 Å². The molecule has 6 atom stereocenters. The summed E-state index contributed by atoms with van der Waals surface area (Å²) in [4.78, 5) is 63.7. The van der Waals surface area contributed by atoms with Gasteiger partial charge < -0.3 is 9.84 Å². The Morgan fingerprint density at radius 2 is 1.65 bits per heavy atom. The van der Waals surface area contributed by atoms with E-state index in [0.717, 1.165) is 4.47 Å². The number of halogens is 6. The quantitative estimate of drug-likeness (QED) is 0.147. The third-order valence-corrected chi connectivity index (χ3v) is 12.2. The number of phenolic OH excluding ortho intramolecular Hbond substituents is 1. The number of ether oxygens (including phenoxy) is 1. The number of carbonyl (C=O) groups is 4. The smallest absolute Gasteiger partial charge is 0.417 e. The topological polar surface area (TPSA) is 129 Å². The molecule has 8 rings (SSSR count). The molecule has 0 radical (unpaired) electrons. The first kappa shape index (κ1) is 37.0. The third-order valence-electron chi connectivity index (χ3n) is 11.2. The zero-order valence-corrected chi connectivity index (χ0v) is 31.6. The fourth-order valence-electron chi connectivity index (χ4n) is 8.91. The summed E-state index contributed by atoms with van der Waals surface area (Å²) in [7, 11) is 1.39. The van der Waals surface area contributed by atoms with Crippen molar-refractivity contribution in [1.29, 1.82) is 0 Å². The number of hydrogen-bond acceptors (Lipinski definition) is 8. The number of hydrogen-bond donors (Lipinski definition) is 2. The van der Waals surface area contributed by atoms with Gasteiger partial charge in [-0.2, -0.15) is 18.2 Å². The van der Waals surface area contributed by atoms with E-state index in [0.29, 0.717) is 44.7 Å². The van der Waals surface area contributed by atoms with E-state index in [-0.39, 0.29) is 36.1 Å². The molecule has 2 aliphatic carbocycles. The summed E-state index contributed by atoms with van der Waals surface area (Å²) in [5, 5.41) is 11.1. The van der Waals surface area contributed by atoms with Crippen LogP contribution in [0.3, 0.4) is 0 Å². The first-order chi connectivity index (χ1) is 26.2. The molecule has 10 nitrogen and oxygen atoms in total. The molecule has 1 aromatic heterocycles. The van der Waals surface area contributed by atoms with E-state index in [2.05, 4.69) is 26.3 Å². The van der Waals surface area contributed by atoms with Crippen LogP contribution in [0.25, 0.3) is 0 Å². The van der Waals surface area contributed by atoms with Crippen LogP contribution < -0.4 is 15.1 Å². The highest BCUT2D eigenvalue weighted by Gasteiger charge is 2.70. The number of pyridine rings is 1. The minimum atomic E-state index is -4.76. The maximum absolute atomic E-state index is 15.3. The number of alkyl halides is 3. The largest absolute Gasteiger partial charge is 0.508 e. The van der Waals surface area contributed by atoms with Gasteiger partial charge in [-0.05, 0) is 72.9 Å². The van der Waals surface area contributed by atoms with Crippen molar-refractivity contribution in [3.05, 3.63) is 122 Å². The second kappa shape index (κ2) is 13.4. The Kier molecular flexibility index (Phi) is 9.01. The van der Waals surface area contributed by atoms with Gasteiger partial charge in [0.15, 0.2) is 5.82 Å². The van der Waals surface area contributed by atoms with Crippen LogP contribution in [0.1, 0.15) is 35.4 Å². The van der Waals surface area contributed by atoms with Crippen LogP contribution in [0.15, 0.2) is 95.1 Å². The molecule has 2 aliphatic heterocycles. The minimum absolute atomic E-state index is 0.0589. The lowest BCUT2D eigenvalue weighted by Crippen LogP contribution is -2.53. The molecule has 4 amide bonds. The molecule has 3 aromatic carbocycles. The van der Waals surface area contributed by atoms with E-state index >= 15 is 4.79 Å². The van der Waals surface area contributed by atoms with Gasteiger partial charge in [-0.3, -0.25) is 29.5 Å². The Hall–Kier alpha value is -4.92. The Morgan fingerprint density at radius 3 is 2.31 bits per heavy atom. The molecular weight excluding hydrogens is 828 g/mol. The van der Waals surface area contributed by atoms with Gasteiger partial charge in [0.2, 0.25) is 11.8 Å². The van der Waals surface area contributed by atoms with Crippen LogP contribution in [0, 0.1) is 23.7 Å². The normalized spacial score (nSPS) is 26.1. The van der Waals surface area contributed by atoms with Gasteiger partial charge in [0.1, 0.15) is 11.5 Å². The Balaban J connectivity index is 1.32. The summed E-state index contributed by atoms with van der Waals surface area (Å²) in [5.41, 5.74) is 1.49. The van der Waals surface area contributed by atoms with Gasteiger partial charge in [-0.25, -0.2) is 4.98 Å². The van der Waals surface area contributed by atoms with Crippen molar-refractivity contribution in [2.24, 2.45) is 23.7 Å². The number of amides is 4. The highest BCUT2D eigenvalue weighted by Crippen LogP contribution is 2.65. The number of phenols is 1. The van der Waals surface area contributed by atoms with Crippen LogP contribution in [-0.2, 0) is 30.8 Å². The number of nitrogens with one attached hydrogen (secondary N) is 1. The van der Waals surface area contributed by atoms with Crippen LogP contribution in [0.4, 0.5) is 24.7 Å². The molecule has 0 bridgehead atoms. The maximum atomic E-state index is 15.3. The molecule has 0 spiro atoms. The molecule has 16 heteroatoms. The molecule has 3 heterocycles. The van der Waals surface area contributed by atoms with Gasteiger partial charge in [0.25, 0.3) is 11.8 Å². The average Bonchev–Trinajstić information content (AvgIpc) is 3.53. The number of carbonyl (C=O) groups excluding carboxylic acids is 4. The summed E-state index contributed by atoms with van der Waals surface area (Å²) in [5.74, 6) is -7.33. The highest BCUT2D eigenvalue weighted by molar-refractivity contribution is 9.10. The zero-order chi connectivity index (χ0) is 39.1. The lowest BCUT2D eigenvalue weighted by Gasteiger charge is -2.50. The zero-order valence-electron chi connectivity index (χ0n) is 28.5. The lowest BCUT2D eigenvalue weighted by atomic mass is 9.49. The third kappa shape index (κ3) is 5.71. The predicted molar refractivity (Wildman–Crippen MR) is 198 cm³/mol. The molecule has 4 aromatic rings. The Morgan fingerprint density at radius 1 is 0.945 bits per heavy atom. The van der Waals surface area contributed by atoms with Crippen LogP contribution in [0.5, 0.6) is 11.5 Å². The highest BCUT2D eigenvalue weighted by atomic mass is 79.9. The van der Waals surface area contributed by atoms with E-state index in [9.17, 15) is 32.7 Å². The summed E-state index contributed by atoms with van der Waals surface area (Å²) in [6.07, 6.45) is -2.27. The van der Waals surface area contributed by atoms with Crippen molar-refractivity contribution in [3.8, 4) is 11.5 Å². The van der Waals surface area contributed by atoms with Crippen molar-refractivity contribution in [3.63, 3.8) is 0 Å². The van der Waals surface area contributed by atoms with Gasteiger partial charge in [-0.1, -0.05) is 69.0 Å². The number of aromatic nitrogens is 1. The summed E-state index contributed by atoms with van der Waals surface area (Å²) < 4.78 is 47.0. The second-order valence-electron chi connectivity index (χ2n) is 13.8. The SMILES string of the molecule is COc1cc(O)ccc1C1C2=CCC3C(=O)N(c4ccc(Br)cc4)C(=O)C3C2CC2C(=O)N(Nc3ncc(C(F)(F)F)cc3Cl)C(=O)C21c1ccc(Cl)cc1. The monoisotopic (exact) mass is 854 g/mol. The van der Waals surface area contributed by atoms with Crippen LogP contribution in [0.2, 0.25) is 10.0 Å². The van der Waals surface area contributed by atoms with E-state index in [1.807, 2.05) is 6.08 Å². The van der Waals surface area contributed by atoms with Crippen molar-refractivity contribution in [1.82, 2.24) is 9.99 Å². The number of benzene rings is 3. The number of fused-ring (bicyclic) bond motifs is 4. The fraction of sp³-hybridized carbons (Fsp3) is 0.256. The van der Waals surface area contributed by atoms with E-state index in [1.165, 1.54) is 24.1 Å². The van der Waals surface area contributed by atoms with E-state index in [1.54, 1.807) is 54.6 Å². The Labute approximate surface area is 330 Å². The number of methoxy groups -OCH3 is 1. The molecule has 1 saturated carbocycles. The Bertz CT molecular complexity index is 2330. The van der Waals surface area contributed by atoms with E-state index in [4.69, 9.17) is 27.9 Å². The van der Waals surface area contributed by atoms with Gasteiger partial charge >= 0.3 is 6.18 Å². The molecular formula is C39H28BrCl2F3N4O6. The number of allylic oxidation sites excluding steroid dienone is 2. The first-order valence-electron chi connectivity index (χ1n) is 17.0. The number of aromatic hydroxyl groups is 1. The lowest BCUT2D eigenvalue weighted by molar-refractivity contribution is -0.139. The van der Waals surface area contributed by atoms with Gasteiger partial charge in [-0.15, -0.1) is 0 Å². The molecule has 282 valence electrons. The minimum Gasteiger partial charge on any atom is -0.508 e. The van der Waals surface area contributed by atoms with Crippen LogP contribution in [-0.4, -0.2) is 45.8 Å². The molecule has 4 aliphatic rings. The maximum Gasteiger partial charge on any atom is 0.417 e. The van der Waals surface area contributed by atoms with Crippen molar-refractivity contribution in [2.75, 3.05) is 17.4 Å². The van der Waals surface area contributed by atoms with Crippen LogP contribution >= 0.6 is 39.1 Å². The number of hydrazine groups is 1. The molecule has 3 fully saturated rings. The first-order valence-corrected chi connectivity index (χ1v) is 18.6. The van der Waals surface area contributed by atoms with E-state index < -0.39 is 69.5 Å². The van der Waals surface area contributed by atoms with Gasteiger partial charge in [0, 0.05) is 33.2 Å². The summed E-state index contributed by atoms with van der Waals surface area (Å²) in [6.45, 7) is 0. The van der Waals surface area contributed by atoms with Crippen molar-refractivity contribution < 1.29 is 42.2 Å². The second-order valence-corrected chi connectivity index (χ2v) is 15.6. The average molecular weight is 856 g/mol. The summed E-state index contributed by atoms with van der Waals surface area (Å²) >= 11 is 16.0. The molecule has 2 saturated heterocycles. The predicted octanol–water partition coefficient (Wildman–Crippen LogP) is 8.07. The number of imide groups is 2. The van der Waals surface area contributed by atoms with Gasteiger partial charge in [0.05, 0.1) is 46.6 Å². The summed E-state index contributed by atoms with van der Waals surface area (Å²) in [6, 6.07) is 18.2. The standard InChI is InChI=1S/C39H28BrCl2F3N4O6/c1-55-30-15-23(50)10-11-25(30)32-24-12-13-26-31(36(53)48(34(26)51)22-8-4-20(40)5-9-22)27(24)16-28-35(52)49(37(54)38(28,32)18-2-6-21(41)7-3-18)47-33-29(42)14-19(17-46-33)39(43,44)45/h2-12,14-15,17,26-28,31-32,50H,13,16H2,1H3,(H,46,47). The molecule has 2 N–H and O–H groups in total.